The van der Waals surface area contributed by atoms with E-state index in [0.717, 1.165) is 69.7 Å². The number of ether oxygens (including phenoxy) is 2. The number of azo groups is 2. The Morgan fingerprint density at radius 3 is 1.84 bits per heavy atom. The first kappa shape index (κ1) is 38.6. The smallest absolute Gasteiger partial charge is 0.330 e. The van der Waals surface area contributed by atoms with Crippen molar-refractivity contribution < 1.29 is 27.8 Å². The third-order valence-electron chi connectivity index (χ3n) is 7.80. The third-order valence-corrected chi connectivity index (χ3v) is 7.80. The third kappa shape index (κ3) is 14.1. The Morgan fingerprint density at radius 2 is 1.27 bits per heavy atom. The number of nitrogens with zero attached hydrogens (tertiary/aromatic N) is 5. The van der Waals surface area contributed by atoms with E-state index in [1.807, 2.05) is 38.1 Å². The fourth-order valence-corrected chi connectivity index (χ4v) is 4.88. The Labute approximate surface area is 288 Å². The topological polar surface area (TPSA) is 105 Å². The number of rotatable bonds is 23. The standard InChI is InChI=1S/C38H47F2N5O4/c1-4-33(46)15-13-11-9-7-8-10-12-14-27-48-35-25-24-34(37(39)38(35)40)44-43-30-18-16-29(17-19-30)41-42-31-20-22-32(23-21-31)45(6-3)26-28-49-36(47)5-2/h5,16-25H,2,4,6-15,26-28H2,1,3H3. The maximum atomic E-state index is 14.7. The second-order valence-electron chi connectivity index (χ2n) is 11.4. The summed E-state index contributed by atoms with van der Waals surface area (Å²) in [5.74, 6) is -2.45. The first-order chi connectivity index (χ1) is 23.8. The molecule has 49 heavy (non-hydrogen) atoms. The molecule has 11 heteroatoms. The summed E-state index contributed by atoms with van der Waals surface area (Å²) in [7, 11) is 0. The van der Waals surface area contributed by atoms with Gasteiger partial charge in [-0.3, -0.25) is 4.79 Å². The van der Waals surface area contributed by atoms with Gasteiger partial charge in [-0.1, -0.05) is 52.0 Å². The van der Waals surface area contributed by atoms with Crippen molar-refractivity contribution in [3.8, 4) is 5.75 Å². The van der Waals surface area contributed by atoms with Crippen LogP contribution in [0.25, 0.3) is 0 Å². The van der Waals surface area contributed by atoms with E-state index in [0.29, 0.717) is 48.8 Å². The lowest BCUT2D eigenvalue weighted by Crippen LogP contribution is -2.27. The van der Waals surface area contributed by atoms with E-state index in [2.05, 4.69) is 31.9 Å². The van der Waals surface area contributed by atoms with Crippen molar-refractivity contribution >= 4 is 40.2 Å². The van der Waals surface area contributed by atoms with Crippen molar-refractivity contribution in [2.24, 2.45) is 20.5 Å². The lowest BCUT2D eigenvalue weighted by atomic mass is 10.1. The summed E-state index contributed by atoms with van der Waals surface area (Å²) in [5, 5.41) is 16.4. The van der Waals surface area contributed by atoms with Crippen LogP contribution in [0.15, 0.2) is 93.8 Å². The van der Waals surface area contributed by atoms with Crippen LogP contribution in [-0.4, -0.2) is 38.1 Å². The number of likely N-dealkylation sites (N-methyl/N-ethyl adjacent to an activating group) is 1. The molecular formula is C38H47F2N5O4. The fraction of sp³-hybridized carbons (Fsp3) is 0.421. The molecule has 262 valence electrons. The largest absolute Gasteiger partial charge is 0.490 e. The van der Waals surface area contributed by atoms with Crippen molar-refractivity contribution in [3.05, 3.63) is 85.0 Å². The fourth-order valence-electron chi connectivity index (χ4n) is 4.88. The molecule has 0 aliphatic carbocycles. The van der Waals surface area contributed by atoms with Crippen LogP contribution in [0.4, 0.5) is 37.2 Å². The van der Waals surface area contributed by atoms with Crippen LogP contribution in [0.3, 0.4) is 0 Å². The van der Waals surface area contributed by atoms with Gasteiger partial charge >= 0.3 is 5.97 Å². The summed E-state index contributed by atoms with van der Waals surface area (Å²) in [6.07, 6.45) is 10.7. The van der Waals surface area contributed by atoms with Crippen LogP contribution in [0, 0.1) is 11.6 Å². The Morgan fingerprint density at radius 1 is 0.714 bits per heavy atom. The SMILES string of the molecule is C=CC(=O)OCCN(CC)c1ccc(N=Nc2ccc(N=Nc3ccc(OCCCCCCCCCCC(=O)CC)c(F)c3F)cc2)cc1. The summed E-state index contributed by atoms with van der Waals surface area (Å²) in [6, 6.07) is 16.9. The number of benzene rings is 3. The molecule has 0 radical (unpaired) electrons. The van der Waals surface area contributed by atoms with Gasteiger partial charge in [0, 0.05) is 31.1 Å². The molecule has 0 amide bonds. The van der Waals surface area contributed by atoms with Crippen LogP contribution in [0.2, 0.25) is 0 Å². The summed E-state index contributed by atoms with van der Waals surface area (Å²) in [5.41, 5.74) is 2.42. The second-order valence-corrected chi connectivity index (χ2v) is 11.4. The minimum absolute atomic E-state index is 0.142. The molecule has 0 aromatic heterocycles. The van der Waals surface area contributed by atoms with Crippen LogP contribution < -0.4 is 9.64 Å². The monoisotopic (exact) mass is 675 g/mol. The number of hydrogen-bond acceptors (Lipinski definition) is 9. The average molecular weight is 676 g/mol. The van der Waals surface area contributed by atoms with Gasteiger partial charge in [0.2, 0.25) is 5.82 Å². The lowest BCUT2D eigenvalue weighted by molar-refractivity contribution is -0.137. The molecule has 9 nitrogen and oxygen atoms in total. The van der Waals surface area contributed by atoms with Gasteiger partial charge in [-0.05, 0) is 80.4 Å². The summed E-state index contributed by atoms with van der Waals surface area (Å²) < 4.78 is 39.8. The molecule has 0 saturated heterocycles. The zero-order valence-corrected chi connectivity index (χ0v) is 28.6. The quantitative estimate of drug-likeness (QED) is 0.0430. The predicted octanol–water partition coefficient (Wildman–Crippen LogP) is 11.2. The Hall–Kier alpha value is -4.80. The molecule has 0 fully saturated rings. The maximum Gasteiger partial charge on any atom is 0.330 e. The van der Waals surface area contributed by atoms with Crippen LogP contribution >= 0.6 is 0 Å². The molecule has 0 atom stereocenters. The molecule has 0 aliphatic heterocycles. The molecule has 0 bridgehead atoms. The summed E-state index contributed by atoms with van der Waals surface area (Å²) >= 11 is 0. The van der Waals surface area contributed by atoms with E-state index < -0.39 is 17.6 Å². The summed E-state index contributed by atoms with van der Waals surface area (Å²) in [4.78, 5) is 24.6. The highest BCUT2D eigenvalue weighted by Crippen LogP contribution is 2.30. The van der Waals surface area contributed by atoms with Gasteiger partial charge in [0.05, 0.1) is 30.2 Å². The van der Waals surface area contributed by atoms with E-state index in [1.165, 1.54) is 12.1 Å². The van der Waals surface area contributed by atoms with Crippen molar-refractivity contribution in [2.75, 3.05) is 31.2 Å². The molecule has 0 saturated carbocycles. The lowest BCUT2D eigenvalue weighted by Gasteiger charge is -2.22. The molecule has 0 heterocycles. The Balaban J connectivity index is 1.41. The second kappa shape index (κ2) is 22.0. The van der Waals surface area contributed by atoms with E-state index in [-0.39, 0.29) is 18.0 Å². The average Bonchev–Trinajstić information content (AvgIpc) is 3.13. The molecule has 0 N–H and O–H groups in total. The van der Waals surface area contributed by atoms with Gasteiger partial charge in [0.15, 0.2) is 11.6 Å². The minimum Gasteiger partial charge on any atom is -0.490 e. The molecule has 0 aliphatic rings. The highest BCUT2D eigenvalue weighted by Gasteiger charge is 2.14. The molecule has 3 aromatic carbocycles. The number of hydrogen-bond donors (Lipinski definition) is 0. The number of carbonyl (C=O) groups excluding carboxylic acids is 2. The van der Waals surface area contributed by atoms with Gasteiger partial charge in [-0.25, -0.2) is 9.18 Å². The van der Waals surface area contributed by atoms with Gasteiger partial charge in [-0.15, -0.1) is 5.11 Å². The van der Waals surface area contributed by atoms with E-state index in [4.69, 9.17) is 9.47 Å². The van der Waals surface area contributed by atoms with Crippen LogP contribution in [-0.2, 0) is 14.3 Å². The van der Waals surface area contributed by atoms with Crippen LogP contribution in [0.5, 0.6) is 5.75 Å². The van der Waals surface area contributed by atoms with E-state index in [1.54, 1.807) is 24.3 Å². The number of halogens is 2. The highest BCUT2D eigenvalue weighted by atomic mass is 19.2. The molecule has 3 rings (SSSR count). The minimum atomic E-state index is -1.11. The van der Waals surface area contributed by atoms with E-state index >= 15 is 0 Å². The molecular weight excluding hydrogens is 628 g/mol. The number of anilines is 1. The molecule has 0 unspecified atom stereocenters. The molecule has 0 spiro atoms. The Bertz CT molecular complexity index is 1530. The first-order valence-electron chi connectivity index (χ1n) is 17.0. The van der Waals surface area contributed by atoms with Gasteiger partial charge in [0.25, 0.3) is 0 Å². The number of unbranched alkanes of at least 4 members (excludes halogenated alkanes) is 7. The van der Waals surface area contributed by atoms with Crippen molar-refractivity contribution in [1.82, 2.24) is 0 Å². The predicted molar refractivity (Wildman–Crippen MR) is 189 cm³/mol. The number of carbonyl (C=O) groups is 2. The van der Waals surface area contributed by atoms with Crippen molar-refractivity contribution in [2.45, 2.75) is 78.1 Å². The Kier molecular flexibility index (Phi) is 17.3. The zero-order valence-electron chi connectivity index (χ0n) is 28.6. The van der Waals surface area contributed by atoms with Crippen molar-refractivity contribution in [1.29, 1.82) is 0 Å². The van der Waals surface area contributed by atoms with Crippen LogP contribution in [0.1, 0.15) is 78.1 Å². The number of ketones is 1. The maximum absolute atomic E-state index is 14.7. The van der Waals surface area contributed by atoms with Gasteiger partial charge < -0.3 is 14.4 Å². The first-order valence-corrected chi connectivity index (χ1v) is 17.0. The van der Waals surface area contributed by atoms with Gasteiger partial charge in [-0.2, -0.15) is 19.7 Å². The molecule has 3 aromatic rings. The van der Waals surface area contributed by atoms with Crippen molar-refractivity contribution in [3.63, 3.8) is 0 Å². The zero-order chi connectivity index (χ0) is 35.3. The highest BCUT2D eigenvalue weighted by molar-refractivity contribution is 5.81. The van der Waals surface area contributed by atoms with E-state index in [9.17, 15) is 18.4 Å². The summed E-state index contributed by atoms with van der Waals surface area (Å²) in [6.45, 7) is 9.17. The van der Waals surface area contributed by atoms with Gasteiger partial charge in [0.1, 0.15) is 18.1 Å². The normalized spacial score (nSPS) is 11.3. The number of Topliss-reactive ketones (excluding diaryl/α,β-unsaturated/α-hetero) is 1. The number of esters is 1.